The molecular formula is C16H20BrFN2O. The Morgan fingerprint density at radius 1 is 1.62 bits per heavy atom. The van der Waals surface area contributed by atoms with Crippen LogP contribution in [0.15, 0.2) is 35.3 Å². The van der Waals surface area contributed by atoms with E-state index in [-0.39, 0.29) is 24.2 Å². The number of benzene rings is 1. The third-order valence-electron chi connectivity index (χ3n) is 3.94. The number of carbonyl (C=O) groups is 1. The number of hydrogen-bond donors (Lipinski definition) is 1. The van der Waals surface area contributed by atoms with Crippen molar-refractivity contribution in [1.29, 1.82) is 0 Å². The van der Waals surface area contributed by atoms with Crippen molar-refractivity contribution in [3.05, 3.63) is 46.7 Å². The fraction of sp³-hybridized carbons (Fsp3) is 0.438. The molecule has 1 aromatic carbocycles. The molecule has 0 saturated carbocycles. The van der Waals surface area contributed by atoms with E-state index in [2.05, 4.69) is 27.8 Å². The highest BCUT2D eigenvalue weighted by Gasteiger charge is 2.31. The molecule has 1 heterocycles. The zero-order valence-corrected chi connectivity index (χ0v) is 13.7. The van der Waals surface area contributed by atoms with Crippen molar-refractivity contribution in [1.82, 2.24) is 10.2 Å². The molecule has 3 nitrogen and oxygen atoms in total. The minimum atomic E-state index is -0.293. The van der Waals surface area contributed by atoms with Crippen LogP contribution in [-0.4, -0.2) is 30.4 Å². The van der Waals surface area contributed by atoms with E-state index in [4.69, 9.17) is 0 Å². The first-order valence-corrected chi connectivity index (χ1v) is 7.86. The van der Waals surface area contributed by atoms with E-state index in [9.17, 15) is 9.18 Å². The van der Waals surface area contributed by atoms with Crippen LogP contribution >= 0.6 is 15.9 Å². The van der Waals surface area contributed by atoms with Crippen LogP contribution in [-0.2, 0) is 11.3 Å². The normalized spacial score (nSPS) is 16.1. The summed E-state index contributed by atoms with van der Waals surface area (Å²) in [7, 11) is 0. The summed E-state index contributed by atoms with van der Waals surface area (Å²) >= 11 is 3.34. The highest BCUT2D eigenvalue weighted by Crippen LogP contribution is 2.22. The number of nitrogens with zero attached hydrogens (tertiary/aromatic N) is 1. The molecule has 1 aliphatic heterocycles. The van der Waals surface area contributed by atoms with Crippen LogP contribution in [0.2, 0.25) is 0 Å². The molecule has 1 atom stereocenters. The average Bonchev–Trinajstić information content (AvgIpc) is 2.39. The van der Waals surface area contributed by atoms with Crippen LogP contribution in [0, 0.1) is 17.7 Å². The van der Waals surface area contributed by atoms with Gasteiger partial charge in [0.2, 0.25) is 5.91 Å². The lowest BCUT2D eigenvalue weighted by molar-refractivity contribution is -0.137. The summed E-state index contributed by atoms with van der Waals surface area (Å²) < 4.78 is 14.7. The molecule has 0 bridgehead atoms. The lowest BCUT2D eigenvalue weighted by Crippen LogP contribution is -2.50. The number of nitrogens with one attached hydrogen (secondary N) is 1. The number of carbonyl (C=O) groups excluding carboxylic acids is 1. The zero-order valence-electron chi connectivity index (χ0n) is 12.1. The maximum absolute atomic E-state index is 13.9. The molecule has 2 rings (SSSR count). The maximum Gasteiger partial charge on any atom is 0.226 e. The largest absolute Gasteiger partial charge is 0.334 e. The SMILES string of the molecule is C=CCN(Cc1cc(Br)ccc1F)C(=O)C(C)C1CNC1. The summed E-state index contributed by atoms with van der Waals surface area (Å²) in [5.74, 6) is 0.0809. The number of rotatable bonds is 6. The van der Waals surface area contributed by atoms with Crippen LogP contribution in [0.4, 0.5) is 4.39 Å². The highest BCUT2D eigenvalue weighted by molar-refractivity contribution is 9.10. The molecule has 1 aliphatic rings. The number of hydrogen-bond acceptors (Lipinski definition) is 2. The molecular weight excluding hydrogens is 335 g/mol. The van der Waals surface area contributed by atoms with Crippen LogP contribution < -0.4 is 5.32 Å². The quantitative estimate of drug-likeness (QED) is 0.796. The minimum Gasteiger partial charge on any atom is -0.334 e. The zero-order chi connectivity index (χ0) is 15.4. The molecule has 0 radical (unpaired) electrons. The Morgan fingerprint density at radius 2 is 2.33 bits per heavy atom. The highest BCUT2D eigenvalue weighted by atomic mass is 79.9. The van der Waals surface area contributed by atoms with Gasteiger partial charge in [-0.1, -0.05) is 28.9 Å². The average molecular weight is 355 g/mol. The molecule has 0 aromatic heterocycles. The molecule has 1 fully saturated rings. The van der Waals surface area contributed by atoms with Gasteiger partial charge >= 0.3 is 0 Å². The molecule has 0 aliphatic carbocycles. The van der Waals surface area contributed by atoms with Crippen molar-refractivity contribution in [3.8, 4) is 0 Å². The van der Waals surface area contributed by atoms with Gasteiger partial charge in [0.1, 0.15) is 5.82 Å². The minimum absolute atomic E-state index is 0.0542. The Kier molecular flexibility index (Phi) is 5.53. The standard InChI is InChI=1S/C16H20BrFN2O/c1-3-6-20(16(21)11(2)13-8-19-9-13)10-12-7-14(17)4-5-15(12)18/h3-5,7,11,13,19H,1,6,8-10H2,2H3. The van der Waals surface area contributed by atoms with Crippen molar-refractivity contribution >= 4 is 21.8 Å². The monoisotopic (exact) mass is 354 g/mol. The summed E-state index contributed by atoms with van der Waals surface area (Å²) in [5, 5.41) is 3.18. The van der Waals surface area contributed by atoms with Gasteiger partial charge in [-0.3, -0.25) is 4.79 Å². The number of halogens is 2. The van der Waals surface area contributed by atoms with Crippen LogP contribution in [0.25, 0.3) is 0 Å². The second kappa shape index (κ2) is 7.18. The molecule has 1 aromatic rings. The van der Waals surface area contributed by atoms with Gasteiger partial charge in [0.15, 0.2) is 0 Å². The van der Waals surface area contributed by atoms with Crippen LogP contribution in [0.5, 0.6) is 0 Å². The predicted molar refractivity (Wildman–Crippen MR) is 85.2 cm³/mol. The maximum atomic E-state index is 13.9. The van der Waals surface area contributed by atoms with Gasteiger partial charge in [0, 0.05) is 29.0 Å². The van der Waals surface area contributed by atoms with Gasteiger partial charge in [-0.15, -0.1) is 6.58 Å². The first-order chi connectivity index (χ1) is 10.0. The van der Waals surface area contributed by atoms with Crippen LogP contribution in [0.3, 0.4) is 0 Å². The summed E-state index contributed by atoms with van der Waals surface area (Å²) in [5.41, 5.74) is 0.513. The fourth-order valence-electron chi connectivity index (χ4n) is 2.41. The fourth-order valence-corrected chi connectivity index (χ4v) is 2.82. The molecule has 21 heavy (non-hydrogen) atoms. The van der Waals surface area contributed by atoms with Crippen molar-refractivity contribution in [2.24, 2.45) is 11.8 Å². The predicted octanol–water partition coefficient (Wildman–Crippen LogP) is 2.96. The smallest absolute Gasteiger partial charge is 0.226 e. The first kappa shape index (κ1) is 16.2. The molecule has 114 valence electrons. The molecule has 1 saturated heterocycles. The second-order valence-corrected chi connectivity index (χ2v) is 6.37. The van der Waals surface area contributed by atoms with E-state index < -0.39 is 0 Å². The topological polar surface area (TPSA) is 32.3 Å². The van der Waals surface area contributed by atoms with Crippen molar-refractivity contribution < 1.29 is 9.18 Å². The van der Waals surface area contributed by atoms with E-state index in [1.54, 1.807) is 23.1 Å². The van der Waals surface area contributed by atoms with Crippen LogP contribution in [0.1, 0.15) is 12.5 Å². The van der Waals surface area contributed by atoms with E-state index in [0.717, 1.165) is 17.6 Å². The molecule has 1 N–H and O–H groups in total. The Balaban J connectivity index is 2.12. The Morgan fingerprint density at radius 3 is 2.90 bits per heavy atom. The first-order valence-electron chi connectivity index (χ1n) is 7.07. The van der Waals surface area contributed by atoms with Gasteiger partial charge in [-0.25, -0.2) is 4.39 Å². The Hall–Kier alpha value is -1.20. The Bertz CT molecular complexity index is 531. The van der Waals surface area contributed by atoms with Gasteiger partial charge in [-0.2, -0.15) is 0 Å². The van der Waals surface area contributed by atoms with E-state index in [0.29, 0.717) is 18.0 Å². The molecule has 1 unspecified atom stereocenters. The summed E-state index contributed by atoms with van der Waals surface area (Å²) in [6.07, 6.45) is 1.68. The van der Waals surface area contributed by atoms with E-state index >= 15 is 0 Å². The molecule has 1 amide bonds. The molecule has 5 heteroatoms. The van der Waals surface area contributed by atoms with Crippen molar-refractivity contribution in [2.45, 2.75) is 13.5 Å². The molecule has 0 spiro atoms. The van der Waals surface area contributed by atoms with Gasteiger partial charge in [0.25, 0.3) is 0 Å². The van der Waals surface area contributed by atoms with E-state index in [1.807, 2.05) is 6.92 Å². The summed E-state index contributed by atoms with van der Waals surface area (Å²) in [4.78, 5) is 14.3. The van der Waals surface area contributed by atoms with Gasteiger partial charge in [-0.05, 0) is 37.2 Å². The van der Waals surface area contributed by atoms with E-state index in [1.165, 1.54) is 6.07 Å². The van der Waals surface area contributed by atoms with Gasteiger partial charge < -0.3 is 10.2 Å². The lowest BCUT2D eigenvalue weighted by atomic mass is 9.88. The van der Waals surface area contributed by atoms with Gasteiger partial charge in [0.05, 0.1) is 0 Å². The lowest BCUT2D eigenvalue weighted by Gasteiger charge is -2.35. The summed E-state index contributed by atoms with van der Waals surface area (Å²) in [6, 6.07) is 4.78. The third-order valence-corrected chi connectivity index (χ3v) is 4.43. The number of amides is 1. The van der Waals surface area contributed by atoms with Crippen molar-refractivity contribution in [2.75, 3.05) is 19.6 Å². The Labute approximate surface area is 133 Å². The third kappa shape index (κ3) is 3.92. The van der Waals surface area contributed by atoms with Crippen molar-refractivity contribution in [3.63, 3.8) is 0 Å². The second-order valence-electron chi connectivity index (χ2n) is 5.45. The summed E-state index contributed by atoms with van der Waals surface area (Å²) in [6.45, 7) is 8.08.